The number of carbonyl (C=O) groups is 2. The van der Waals surface area contributed by atoms with Crippen molar-refractivity contribution in [1.82, 2.24) is 19.9 Å². The molecule has 0 aliphatic heterocycles. The zero-order valence-electron chi connectivity index (χ0n) is 11.9. The molecule has 0 aliphatic rings. The van der Waals surface area contributed by atoms with Gasteiger partial charge in [0.1, 0.15) is 12.1 Å². The lowest BCUT2D eigenvalue weighted by molar-refractivity contribution is -0.161. The van der Waals surface area contributed by atoms with E-state index in [9.17, 15) is 9.59 Å². The Kier molecular flexibility index (Phi) is 5.39. The van der Waals surface area contributed by atoms with Crippen LogP contribution in [0.4, 0.5) is 0 Å². The molecule has 0 saturated carbocycles. The Hall–Kier alpha value is -2.52. The summed E-state index contributed by atoms with van der Waals surface area (Å²) in [5.41, 5.74) is 12.9. The van der Waals surface area contributed by atoms with Gasteiger partial charge in [0, 0.05) is 30.2 Å². The lowest BCUT2D eigenvalue weighted by Gasteiger charge is -2.12. The van der Waals surface area contributed by atoms with Crippen molar-refractivity contribution in [2.24, 2.45) is 11.5 Å². The largest absolute Gasteiger partial charge is 0.391 e. The number of nitrogens with zero attached hydrogens (tertiary/aromatic N) is 2. The first-order valence-corrected chi connectivity index (χ1v) is 6.77. The first kappa shape index (κ1) is 15.9. The normalized spacial score (nSPS) is 13.5. The van der Waals surface area contributed by atoms with Crippen LogP contribution in [0.3, 0.4) is 0 Å². The van der Waals surface area contributed by atoms with E-state index in [0.29, 0.717) is 18.5 Å². The number of nitrogens with one attached hydrogen (secondary N) is 2. The number of carbonyl (C=O) groups excluding carboxylic acids is 2. The van der Waals surface area contributed by atoms with Gasteiger partial charge in [-0.3, -0.25) is 0 Å². The smallest absolute Gasteiger partial charge is 0.330 e. The van der Waals surface area contributed by atoms with Crippen LogP contribution in [0.5, 0.6) is 0 Å². The van der Waals surface area contributed by atoms with Gasteiger partial charge in [-0.2, -0.15) is 0 Å². The van der Waals surface area contributed by atoms with Gasteiger partial charge in [0.05, 0.1) is 12.7 Å². The maximum atomic E-state index is 11.8. The van der Waals surface area contributed by atoms with Crippen molar-refractivity contribution in [3.05, 3.63) is 36.4 Å². The van der Waals surface area contributed by atoms with E-state index in [-0.39, 0.29) is 6.42 Å². The summed E-state index contributed by atoms with van der Waals surface area (Å²) >= 11 is 0. The van der Waals surface area contributed by atoms with E-state index < -0.39 is 24.0 Å². The first-order valence-electron chi connectivity index (χ1n) is 6.77. The number of hydrogen-bond donors (Lipinski definition) is 4. The third kappa shape index (κ3) is 4.50. The second-order valence-electron chi connectivity index (χ2n) is 4.85. The molecule has 1 unspecified atom stereocenters. The van der Waals surface area contributed by atoms with E-state index in [1.54, 1.807) is 12.4 Å². The third-order valence-electron chi connectivity index (χ3n) is 3.08. The minimum absolute atomic E-state index is 0.204. The summed E-state index contributed by atoms with van der Waals surface area (Å²) in [5.74, 6) is -1.60. The first-order chi connectivity index (χ1) is 10.6. The summed E-state index contributed by atoms with van der Waals surface area (Å²) < 4.78 is 4.70. The van der Waals surface area contributed by atoms with E-state index in [0.717, 1.165) is 5.69 Å². The van der Waals surface area contributed by atoms with Crippen LogP contribution in [0.2, 0.25) is 0 Å². The second kappa shape index (κ2) is 7.48. The monoisotopic (exact) mass is 306 g/mol. The van der Waals surface area contributed by atoms with Crippen molar-refractivity contribution in [2.75, 3.05) is 0 Å². The zero-order valence-corrected chi connectivity index (χ0v) is 11.9. The fourth-order valence-electron chi connectivity index (χ4n) is 1.82. The Morgan fingerprint density at radius 2 is 1.64 bits per heavy atom. The maximum Gasteiger partial charge on any atom is 0.330 e. The fourth-order valence-corrected chi connectivity index (χ4v) is 1.82. The number of ether oxygens (including phenoxy) is 1. The number of aromatic amines is 2. The predicted molar refractivity (Wildman–Crippen MR) is 76.3 cm³/mol. The molecule has 0 aromatic carbocycles. The van der Waals surface area contributed by atoms with Gasteiger partial charge in [-0.1, -0.05) is 0 Å². The number of imidazole rings is 2. The van der Waals surface area contributed by atoms with Crippen molar-refractivity contribution in [3.63, 3.8) is 0 Å². The topological polar surface area (TPSA) is 153 Å². The molecule has 22 heavy (non-hydrogen) atoms. The van der Waals surface area contributed by atoms with Gasteiger partial charge in [-0.05, 0) is 12.8 Å². The summed E-state index contributed by atoms with van der Waals surface area (Å²) in [6, 6.07) is -1.85. The Bertz CT molecular complexity index is 595. The number of rotatable bonds is 7. The van der Waals surface area contributed by atoms with Crippen LogP contribution in [0.25, 0.3) is 0 Å². The van der Waals surface area contributed by atoms with Gasteiger partial charge in [-0.25, -0.2) is 19.6 Å². The molecular formula is C13H18N6O3. The molecule has 0 aliphatic carbocycles. The summed E-state index contributed by atoms with van der Waals surface area (Å²) in [6.45, 7) is 0. The highest BCUT2D eigenvalue weighted by molar-refractivity contribution is 5.90. The Morgan fingerprint density at radius 1 is 1.05 bits per heavy atom. The van der Waals surface area contributed by atoms with Crippen LogP contribution in [-0.2, 0) is 27.2 Å². The zero-order chi connectivity index (χ0) is 15.9. The molecule has 0 saturated heterocycles. The summed E-state index contributed by atoms with van der Waals surface area (Å²) in [6.07, 6.45) is 7.28. The highest BCUT2D eigenvalue weighted by atomic mass is 16.6. The maximum absolute atomic E-state index is 11.8. The number of aryl methyl sites for hydroxylation is 1. The summed E-state index contributed by atoms with van der Waals surface area (Å²) in [4.78, 5) is 36.9. The summed E-state index contributed by atoms with van der Waals surface area (Å²) in [5, 5.41) is 0. The molecule has 2 aromatic heterocycles. The number of esters is 2. The lowest BCUT2D eigenvalue weighted by atomic mass is 10.1. The standard InChI is InChI=1S/C13H18N6O3/c14-10(2-1-8-4-16-6-18-8)12(20)22-13(21)11(15)3-9-5-17-7-19-9/h4-7,10-11H,1-3,14-15H2,(H,16,18)(H,17,19)/t10?,11-/m0/s1. The van der Waals surface area contributed by atoms with Crippen LogP contribution in [0.15, 0.2) is 25.0 Å². The van der Waals surface area contributed by atoms with Crippen molar-refractivity contribution in [1.29, 1.82) is 0 Å². The molecule has 118 valence electrons. The highest BCUT2D eigenvalue weighted by Gasteiger charge is 2.23. The van der Waals surface area contributed by atoms with Crippen LogP contribution in [-0.4, -0.2) is 44.0 Å². The average molecular weight is 306 g/mol. The van der Waals surface area contributed by atoms with Crippen LogP contribution < -0.4 is 11.5 Å². The second-order valence-corrected chi connectivity index (χ2v) is 4.85. The average Bonchev–Trinajstić information content (AvgIpc) is 3.17. The molecule has 2 atom stereocenters. The SMILES string of the molecule is NC(CCc1cnc[nH]1)C(=O)OC(=O)[C@@H](N)Cc1cnc[nH]1. The van der Waals surface area contributed by atoms with E-state index in [2.05, 4.69) is 19.9 Å². The molecule has 2 aromatic rings. The molecule has 9 nitrogen and oxygen atoms in total. The van der Waals surface area contributed by atoms with Gasteiger partial charge in [-0.15, -0.1) is 0 Å². The van der Waals surface area contributed by atoms with Crippen molar-refractivity contribution < 1.29 is 14.3 Å². The summed E-state index contributed by atoms with van der Waals surface area (Å²) in [7, 11) is 0. The third-order valence-corrected chi connectivity index (χ3v) is 3.08. The molecule has 2 rings (SSSR count). The van der Waals surface area contributed by atoms with Crippen molar-refractivity contribution in [2.45, 2.75) is 31.3 Å². The highest BCUT2D eigenvalue weighted by Crippen LogP contribution is 2.03. The predicted octanol–water partition coefficient (Wildman–Crippen LogP) is -0.967. The van der Waals surface area contributed by atoms with Crippen molar-refractivity contribution >= 4 is 11.9 Å². The van der Waals surface area contributed by atoms with E-state index in [1.165, 1.54) is 12.7 Å². The van der Waals surface area contributed by atoms with E-state index in [1.807, 2.05) is 0 Å². The Labute approximate surface area is 126 Å². The lowest BCUT2D eigenvalue weighted by Crippen LogP contribution is -2.40. The van der Waals surface area contributed by atoms with E-state index in [4.69, 9.17) is 16.2 Å². The van der Waals surface area contributed by atoms with Crippen LogP contribution >= 0.6 is 0 Å². The van der Waals surface area contributed by atoms with Gasteiger partial charge in [0.15, 0.2) is 0 Å². The molecular weight excluding hydrogens is 288 g/mol. The molecule has 0 radical (unpaired) electrons. The quantitative estimate of drug-likeness (QED) is 0.379. The van der Waals surface area contributed by atoms with Crippen molar-refractivity contribution in [3.8, 4) is 0 Å². The molecule has 9 heteroatoms. The molecule has 2 heterocycles. The van der Waals surface area contributed by atoms with E-state index >= 15 is 0 Å². The number of aromatic nitrogens is 4. The van der Waals surface area contributed by atoms with Gasteiger partial charge >= 0.3 is 11.9 Å². The van der Waals surface area contributed by atoms with Gasteiger partial charge in [0.2, 0.25) is 0 Å². The molecule has 0 amide bonds. The number of H-pyrrole nitrogens is 2. The van der Waals surface area contributed by atoms with Gasteiger partial charge < -0.3 is 26.2 Å². The van der Waals surface area contributed by atoms with Crippen LogP contribution in [0, 0.1) is 0 Å². The molecule has 0 spiro atoms. The van der Waals surface area contributed by atoms with Gasteiger partial charge in [0.25, 0.3) is 0 Å². The minimum atomic E-state index is -0.954. The minimum Gasteiger partial charge on any atom is -0.391 e. The molecule has 0 fully saturated rings. The fraction of sp³-hybridized carbons (Fsp3) is 0.385. The van der Waals surface area contributed by atoms with Crippen LogP contribution in [0.1, 0.15) is 17.8 Å². The molecule has 0 bridgehead atoms. The molecule has 6 N–H and O–H groups in total. The number of nitrogens with two attached hydrogens (primary N) is 2. The number of hydrogen-bond acceptors (Lipinski definition) is 7. The Balaban J connectivity index is 1.76. The Morgan fingerprint density at radius 3 is 2.23 bits per heavy atom.